The Bertz CT molecular complexity index is 875. The smallest absolute Gasteiger partial charge is 0.262 e. The minimum atomic E-state index is -3.55. The van der Waals surface area contributed by atoms with Gasteiger partial charge in [0.15, 0.2) is 6.61 Å². The van der Waals surface area contributed by atoms with Gasteiger partial charge in [0.1, 0.15) is 5.75 Å². The third-order valence-electron chi connectivity index (χ3n) is 3.54. The SMILES string of the molecule is Cc1ccc(C)c(OCC(=O)Nc2ccc(S(=O)(=O)NC(C)C)cc2)c1. The highest BCUT2D eigenvalue weighted by Gasteiger charge is 2.15. The molecule has 7 heteroatoms. The summed E-state index contributed by atoms with van der Waals surface area (Å²) >= 11 is 0. The van der Waals surface area contributed by atoms with Gasteiger partial charge in [-0.05, 0) is 69.2 Å². The molecule has 0 aliphatic heterocycles. The summed E-state index contributed by atoms with van der Waals surface area (Å²) in [6.07, 6.45) is 0. The summed E-state index contributed by atoms with van der Waals surface area (Å²) in [5, 5.41) is 2.69. The number of sulfonamides is 1. The second-order valence-corrected chi connectivity index (χ2v) is 8.12. The van der Waals surface area contributed by atoms with Crippen LogP contribution in [0.5, 0.6) is 5.75 Å². The molecular weight excluding hydrogens is 352 g/mol. The van der Waals surface area contributed by atoms with Gasteiger partial charge in [-0.15, -0.1) is 0 Å². The van der Waals surface area contributed by atoms with Gasteiger partial charge in [0.05, 0.1) is 4.90 Å². The van der Waals surface area contributed by atoms with Crippen LogP contribution in [0.2, 0.25) is 0 Å². The number of amides is 1. The normalized spacial score (nSPS) is 11.4. The summed E-state index contributed by atoms with van der Waals surface area (Å²) in [5.41, 5.74) is 2.51. The van der Waals surface area contributed by atoms with Crippen molar-refractivity contribution in [1.29, 1.82) is 0 Å². The Morgan fingerprint density at radius 2 is 1.73 bits per heavy atom. The van der Waals surface area contributed by atoms with E-state index >= 15 is 0 Å². The molecule has 0 fully saturated rings. The standard InChI is InChI=1S/C19H24N2O4S/c1-13(2)21-26(23,24)17-9-7-16(8-10-17)20-19(22)12-25-18-11-14(3)5-6-15(18)4/h5-11,13,21H,12H2,1-4H3,(H,20,22). The maximum Gasteiger partial charge on any atom is 0.262 e. The fourth-order valence-electron chi connectivity index (χ4n) is 2.30. The predicted octanol–water partition coefficient (Wildman–Crippen LogP) is 3.01. The molecule has 2 rings (SSSR count). The third-order valence-corrected chi connectivity index (χ3v) is 5.22. The molecule has 0 unspecified atom stereocenters. The molecule has 2 aromatic carbocycles. The first-order valence-corrected chi connectivity index (χ1v) is 9.78. The van der Waals surface area contributed by atoms with E-state index in [0.29, 0.717) is 11.4 Å². The first kappa shape index (κ1) is 19.9. The lowest BCUT2D eigenvalue weighted by Gasteiger charge is -2.12. The van der Waals surface area contributed by atoms with Gasteiger partial charge in [0.2, 0.25) is 10.0 Å². The molecule has 0 spiro atoms. The van der Waals surface area contributed by atoms with Crippen molar-refractivity contribution in [1.82, 2.24) is 4.72 Å². The van der Waals surface area contributed by atoms with Crippen LogP contribution in [-0.4, -0.2) is 27.0 Å². The van der Waals surface area contributed by atoms with Crippen LogP contribution in [0.4, 0.5) is 5.69 Å². The average Bonchev–Trinajstić information content (AvgIpc) is 2.55. The summed E-state index contributed by atoms with van der Waals surface area (Å²) in [6, 6.07) is 11.6. The van der Waals surface area contributed by atoms with Gasteiger partial charge in [0, 0.05) is 11.7 Å². The van der Waals surface area contributed by atoms with E-state index in [9.17, 15) is 13.2 Å². The Labute approximate surface area is 154 Å². The van der Waals surface area contributed by atoms with E-state index in [2.05, 4.69) is 10.0 Å². The number of benzene rings is 2. The van der Waals surface area contributed by atoms with Crippen molar-refractivity contribution in [2.24, 2.45) is 0 Å². The summed E-state index contributed by atoms with van der Waals surface area (Å²) < 4.78 is 32.2. The lowest BCUT2D eigenvalue weighted by molar-refractivity contribution is -0.118. The lowest BCUT2D eigenvalue weighted by Crippen LogP contribution is -2.30. The van der Waals surface area contributed by atoms with Crippen LogP contribution in [0.3, 0.4) is 0 Å². The number of rotatable bonds is 7. The van der Waals surface area contributed by atoms with Crippen LogP contribution in [0, 0.1) is 13.8 Å². The number of carbonyl (C=O) groups excluding carboxylic acids is 1. The van der Waals surface area contributed by atoms with E-state index in [1.807, 2.05) is 32.0 Å². The molecule has 0 saturated heterocycles. The molecule has 0 radical (unpaired) electrons. The molecule has 2 aromatic rings. The number of carbonyl (C=O) groups is 1. The molecule has 6 nitrogen and oxygen atoms in total. The molecule has 0 aliphatic carbocycles. The maximum absolute atomic E-state index is 12.1. The highest BCUT2D eigenvalue weighted by atomic mass is 32.2. The van der Waals surface area contributed by atoms with Gasteiger partial charge < -0.3 is 10.1 Å². The van der Waals surface area contributed by atoms with Gasteiger partial charge in [-0.25, -0.2) is 13.1 Å². The molecule has 0 aliphatic rings. The molecule has 1 amide bonds. The maximum atomic E-state index is 12.1. The van der Waals surface area contributed by atoms with Crippen molar-refractivity contribution >= 4 is 21.6 Å². The summed E-state index contributed by atoms with van der Waals surface area (Å²) in [4.78, 5) is 12.2. The van der Waals surface area contributed by atoms with Gasteiger partial charge >= 0.3 is 0 Å². The van der Waals surface area contributed by atoms with Crippen LogP contribution < -0.4 is 14.8 Å². The quantitative estimate of drug-likeness (QED) is 0.778. The van der Waals surface area contributed by atoms with Crippen LogP contribution in [0.15, 0.2) is 47.4 Å². The van der Waals surface area contributed by atoms with Crippen molar-refractivity contribution in [3.8, 4) is 5.75 Å². The second-order valence-electron chi connectivity index (χ2n) is 6.41. The zero-order chi connectivity index (χ0) is 19.3. The van der Waals surface area contributed by atoms with Crippen molar-refractivity contribution < 1.29 is 17.9 Å². The first-order chi connectivity index (χ1) is 12.2. The van der Waals surface area contributed by atoms with E-state index in [0.717, 1.165) is 11.1 Å². The Kier molecular flexibility index (Phi) is 6.39. The third kappa shape index (κ3) is 5.57. The first-order valence-electron chi connectivity index (χ1n) is 8.29. The molecule has 0 aromatic heterocycles. The number of hydrogen-bond acceptors (Lipinski definition) is 4. The van der Waals surface area contributed by atoms with Crippen molar-refractivity contribution in [3.05, 3.63) is 53.6 Å². The van der Waals surface area contributed by atoms with Crippen LogP contribution in [0.1, 0.15) is 25.0 Å². The zero-order valence-electron chi connectivity index (χ0n) is 15.4. The van der Waals surface area contributed by atoms with Crippen molar-refractivity contribution in [3.63, 3.8) is 0 Å². The number of nitrogens with one attached hydrogen (secondary N) is 2. The highest BCUT2D eigenvalue weighted by molar-refractivity contribution is 7.89. The van der Waals surface area contributed by atoms with Gasteiger partial charge in [-0.3, -0.25) is 4.79 Å². The van der Waals surface area contributed by atoms with Gasteiger partial charge in [-0.1, -0.05) is 12.1 Å². The topological polar surface area (TPSA) is 84.5 Å². The zero-order valence-corrected chi connectivity index (χ0v) is 16.2. The van der Waals surface area contributed by atoms with E-state index in [1.165, 1.54) is 12.1 Å². The summed E-state index contributed by atoms with van der Waals surface area (Å²) in [6.45, 7) is 7.25. The Morgan fingerprint density at radius 1 is 1.08 bits per heavy atom. The minimum Gasteiger partial charge on any atom is -0.483 e. The van der Waals surface area contributed by atoms with Gasteiger partial charge in [-0.2, -0.15) is 0 Å². The molecule has 0 atom stereocenters. The van der Waals surface area contributed by atoms with E-state index in [1.54, 1.807) is 26.0 Å². The largest absolute Gasteiger partial charge is 0.483 e. The number of aryl methyl sites for hydroxylation is 2. The summed E-state index contributed by atoms with van der Waals surface area (Å²) in [5.74, 6) is 0.350. The molecular formula is C19H24N2O4S. The minimum absolute atomic E-state index is 0.126. The van der Waals surface area contributed by atoms with Crippen molar-refractivity contribution in [2.45, 2.75) is 38.6 Å². The van der Waals surface area contributed by atoms with Crippen LogP contribution >= 0.6 is 0 Å². The lowest BCUT2D eigenvalue weighted by atomic mass is 10.1. The Morgan fingerprint density at radius 3 is 2.35 bits per heavy atom. The molecule has 2 N–H and O–H groups in total. The van der Waals surface area contributed by atoms with Crippen LogP contribution in [0.25, 0.3) is 0 Å². The molecule has 140 valence electrons. The van der Waals surface area contributed by atoms with E-state index in [4.69, 9.17) is 4.74 Å². The predicted molar refractivity (Wildman–Crippen MR) is 102 cm³/mol. The fourth-order valence-corrected chi connectivity index (χ4v) is 3.55. The van der Waals surface area contributed by atoms with Gasteiger partial charge in [0.25, 0.3) is 5.91 Å². The van der Waals surface area contributed by atoms with Crippen molar-refractivity contribution in [2.75, 3.05) is 11.9 Å². The summed E-state index contributed by atoms with van der Waals surface area (Å²) in [7, 11) is -3.55. The number of anilines is 1. The highest BCUT2D eigenvalue weighted by Crippen LogP contribution is 2.19. The molecule has 0 heterocycles. The molecule has 26 heavy (non-hydrogen) atoms. The average molecular weight is 376 g/mol. The number of hydrogen-bond donors (Lipinski definition) is 2. The molecule has 0 saturated carbocycles. The second kappa shape index (κ2) is 8.33. The Balaban J connectivity index is 1.96. The van der Waals surface area contributed by atoms with E-state index in [-0.39, 0.29) is 23.5 Å². The number of ether oxygens (including phenoxy) is 1. The van der Waals surface area contributed by atoms with E-state index < -0.39 is 10.0 Å². The fraction of sp³-hybridized carbons (Fsp3) is 0.316. The Hall–Kier alpha value is -2.38. The monoisotopic (exact) mass is 376 g/mol. The van der Waals surface area contributed by atoms with Crippen LogP contribution in [-0.2, 0) is 14.8 Å². The molecule has 0 bridgehead atoms.